The average Bonchev–Trinajstić information content (AvgIpc) is 2.67. The number of aromatic carboxylic acids is 1. The number of aromatic nitrogens is 1. The maximum atomic E-state index is 15.7. The number of nitro groups is 1. The van der Waals surface area contributed by atoms with Gasteiger partial charge in [0.2, 0.25) is 5.43 Å². The zero-order valence-corrected chi connectivity index (χ0v) is 17.6. The van der Waals surface area contributed by atoms with Crippen LogP contribution in [0.5, 0.6) is 0 Å². The van der Waals surface area contributed by atoms with Crippen molar-refractivity contribution in [3.05, 3.63) is 37.3 Å². The highest BCUT2D eigenvalue weighted by Gasteiger charge is 2.40. The van der Waals surface area contributed by atoms with E-state index in [9.17, 15) is 24.8 Å². The fourth-order valence-electron chi connectivity index (χ4n) is 4.29. The Balaban J connectivity index is 2.18. The highest BCUT2D eigenvalue weighted by atomic mass is 32.2. The van der Waals surface area contributed by atoms with Crippen LogP contribution in [0.4, 0.5) is 15.8 Å². The zero-order valence-electron chi connectivity index (χ0n) is 16.8. The lowest BCUT2D eigenvalue weighted by Gasteiger charge is -2.36. The second kappa shape index (κ2) is 7.24. The Kier molecular flexibility index (Phi) is 4.97. The molecule has 1 saturated heterocycles. The number of likely N-dealkylation sites (N-methyl/N-ethyl adjacent to an activating group) is 1. The number of nitrogens with zero attached hydrogens (tertiary/aromatic N) is 4. The molecule has 2 aliphatic heterocycles. The average molecular weight is 436 g/mol. The molecule has 1 atom stereocenters. The van der Waals surface area contributed by atoms with Crippen molar-refractivity contribution in [1.29, 1.82) is 0 Å². The van der Waals surface area contributed by atoms with Crippen molar-refractivity contribution in [2.24, 2.45) is 0 Å². The van der Waals surface area contributed by atoms with Gasteiger partial charge in [0.05, 0.1) is 20.7 Å². The van der Waals surface area contributed by atoms with E-state index in [2.05, 4.69) is 4.90 Å². The van der Waals surface area contributed by atoms with Gasteiger partial charge in [-0.15, -0.1) is 0 Å². The smallest absolute Gasteiger partial charge is 0.342 e. The summed E-state index contributed by atoms with van der Waals surface area (Å²) < 4.78 is 17.2. The van der Waals surface area contributed by atoms with Crippen LogP contribution in [0.25, 0.3) is 10.9 Å². The van der Waals surface area contributed by atoms with E-state index in [0.29, 0.717) is 26.2 Å². The molecule has 0 spiro atoms. The molecule has 2 aliphatic rings. The Morgan fingerprint density at radius 1 is 1.33 bits per heavy atom. The molecule has 0 saturated carbocycles. The zero-order chi connectivity index (χ0) is 21.9. The number of thioether (sulfide) groups is 1. The maximum absolute atomic E-state index is 15.7. The van der Waals surface area contributed by atoms with Crippen LogP contribution in [0.2, 0.25) is 0 Å². The first-order valence-corrected chi connectivity index (χ1v) is 10.5. The Labute approximate surface area is 175 Å². The van der Waals surface area contributed by atoms with Crippen molar-refractivity contribution >= 4 is 40.0 Å². The largest absolute Gasteiger partial charge is 0.477 e. The predicted octanol–water partition coefficient (Wildman–Crippen LogP) is 2.69. The number of hydrogen-bond acceptors (Lipinski definition) is 7. The molecule has 11 heteroatoms. The van der Waals surface area contributed by atoms with Crippen LogP contribution in [0.3, 0.4) is 0 Å². The van der Waals surface area contributed by atoms with E-state index < -0.39 is 33.4 Å². The number of carboxylic acids is 1. The number of carbonyl (C=O) groups is 1. The summed E-state index contributed by atoms with van der Waals surface area (Å²) in [6.07, 6.45) is 0.107. The van der Waals surface area contributed by atoms with Crippen molar-refractivity contribution in [3.63, 3.8) is 0 Å². The molecule has 1 aromatic carbocycles. The van der Waals surface area contributed by atoms with E-state index in [0.717, 1.165) is 11.8 Å². The number of fused-ring (bicyclic) bond motifs is 3. The van der Waals surface area contributed by atoms with Crippen molar-refractivity contribution in [1.82, 2.24) is 9.47 Å². The number of halogens is 1. The summed E-state index contributed by atoms with van der Waals surface area (Å²) in [7, 11) is 1.93. The molecule has 160 valence electrons. The van der Waals surface area contributed by atoms with Gasteiger partial charge in [-0.2, -0.15) is 0 Å². The highest BCUT2D eigenvalue weighted by Crippen LogP contribution is 2.50. The van der Waals surface area contributed by atoms with Gasteiger partial charge in [-0.1, -0.05) is 18.7 Å². The third-order valence-electron chi connectivity index (χ3n) is 5.80. The van der Waals surface area contributed by atoms with Crippen molar-refractivity contribution < 1.29 is 19.2 Å². The van der Waals surface area contributed by atoms with E-state index in [1.165, 1.54) is 4.57 Å². The molecule has 9 nitrogen and oxygen atoms in total. The number of piperazine rings is 1. The normalized spacial score (nSPS) is 18.9. The molecule has 1 aromatic heterocycles. The van der Waals surface area contributed by atoms with Gasteiger partial charge in [-0.25, -0.2) is 9.18 Å². The Morgan fingerprint density at radius 2 is 1.97 bits per heavy atom. The number of carboxylic acid groups (broad SMARTS) is 1. The summed E-state index contributed by atoms with van der Waals surface area (Å²) in [6.45, 7) is 5.49. The number of aryl methyl sites for hydroxylation is 1. The Hall–Kier alpha value is -2.66. The van der Waals surface area contributed by atoms with Crippen molar-refractivity contribution in [2.45, 2.75) is 30.7 Å². The topological polar surface area (TPSA) is 109 Å². The number of hydrogen-bond donors (Lipinski definition) is 1. The molecule has 0 radical (unpaired) electrons. The minimum absolute atomic E-state index is 0.0171. The fraction of sp³-hybridized carbons (Fsp3) is 0.474. The summed E-state index contributed by atoms with van der Waals surface area (Å²) in [5, 5.41) is 21.4. The summed E-state index contributed by atoms with van der Waals surface area (Å²) in [6, 6.07) is 0. The third kappa shape index (κ3) is 2.79. The predicted molar refractivity (Wildman–Crippen MR) is 111 cm³/mol. The molecule has 30 heavy (non-hydrogen) atoms. The molecule has 1 fully saturated rings. The van der Waals surface area contributed by atoms with Crippen molar-refractivity contribution in [2.75, 3.05) is 38.1 Å². The lowest BCUT2D eigenvalue weighted by molar-refractivity contribution is -0.382. The van der Waals surface area contributed by atoms with Crippen LogP contribution in [0, 0.1) is 15.9 Å². The number of rotatable bonds is 4. The van der Waals surface area contributed by atoms with E-state index in [-0.39, 0.29) is 39.0 Å². The number of nitro benzene ring substituents is 1. The van der Waals surface area contributed by atoms with Gasteiger partial charge in [0.1, 0.15) is 11.1 Å². The molecular formula is C19H21FN4O5S. The van der Waals surface area contributed by atoms with Crippen LogP contribution in [-0.2, 0) is 6.42 Å². The summed E-state index contributed by atoms with van der Waals surface area (Å²) in [5.74, 6) is -2.23. The minimum atomic E-state index is -1.42. The standard InChI is InChI=1S/C19H21FN4O5S/c1-4-10-11-14(23-9(2)30-18(23)12(17(11)25)19(26)27)16(24(28)29)15(13(10)20)22-7-5-21(3)6-8-22/h9H,4-8H2,1-3H3,(H,26,27). The SMILES string of the molecule is CCc1c(F)c(N2CCN(C)CC2)c([N+](=O)[O-])c2c1c(=O)c(C(=O)O)c1n2C(C)S1. The van der Waals surface area contributed by atoms with Crippen molar-refractivity contribution in [3.8, 4) is 0 Å². The molecular weight excluding hydrogens is 415 g/mol. The molecule has 1 N–H and O–H groups in total. The Morgan fingerprint density at radius 3 is 2.47 bits per heavy atom. The van der Waals surface area contributed by atoms with E-state index in [4.69, 9.17) is 0 Å². The maximum Gasteiger partial charge on any atom is 0.342 e. The van der Waals surface area contributed by atoms with Crippen LogP contribution < -0.4 is 10.3 Å². The Bertz CT molecular complexity index is 1160. The van der Waals surface area contributed by atoms with Gasteiger partial charge >= 0.3 is 11.7 Å². The molecule has 4 rings (SSSR count). The van der Waals surface area contributed by atoms with Gasteiger partial charge in [-0.05, 0) is 20.4 Å². The van der Waals surface area contributed by atoms with Gasteiger partial charge in [0, 0.05) is 31.7 Å². The fourth-order valence-corrected chi connectivity index (χ4v) is 5.43. The molecule has 0 amide bonds. The molecule has 2 aromatic rings. The lowest BCUT2D eigenvalue weighted by Crippen LogP contribution is -2.45. The molecule has 0 aliphatic carbocycles. The van der Waals surface area contributed by atoms with E-state index in [1.54, 1.807) is 18.7 Å². The van der Waals surface area contributed by atoms with E-state index >= 15 is 4.39 Å². The van der Waals surface area contributed by atoms with Crippen LogP contribution in [0.1, 0.15) is 35.1 Å². The molecule has 0 bridgehead atoms. The second-order valence-corrected chi connectivity index (χ2v) is 8.82. The monoisotopic (exact) mass is 436 g/mol. The van der Waals surface area contributed by atoms with Crippen LogP contribution in [0.15, 0.2) is 9.82 Å². The summed E-state index contributed by atoms with van der Waals surface area (Å²) >= 11 is 1.16. The van der Waals surface area contributed by atoms with Gasteiger partial charge in [0.25, 0.3) is 0 Å². The minimum Gasteiger partial charge on any atom is -0.477 e. The number of pyridine rings is 1. The summed E-state index contributed by atoms with van der Waals surface area (Å²) in [5.41, 5.74) is -1.86. The highest BCUT2D eigenvalue weighted by molar-refractivity contribution is 8.00. The van der Waals surface area contributed by atoms with E-state index in [1.807, 2.05) is 7.05 Å². The number of benzene rings is 1. The van der Waals surface area contributed by atoms with Gasteiger partial charge < -0.3 is 19.5 Å². The first kappa shape index (κ1) is 20.6. The molecule has 3 heterocycles. The van der Waals surface area contributed by atoms with Crippen LogP contribution >= 0.6 is 11.8 Å². The van der Waals surface area contributed by atoms with Crippen LogP contribution in [-0.4, -0.2) is 58.7 Å². The van der Waals surface area contributed by atoms with Gasteiger partial charge in [-0.3, -0.25) is 14.9 Å². The first-order chi connectivity index (χ1) is 14.2. The first-order valence-electron chi connectivity index (χ1n) is 9.63. The quantitative estimate of drug-likeness (QED) is 0.576. The second-order valence-electron chi connectivity index (χ2n) is 7.52. The lowest BCUT2D eigenvalue weighted by atomic mass is 9.98. The van der Waals surface area contributed by atoms with Gasteiger partial charge in [0.15, 0.2) is 11.5 Å². The summed E-state index contributed by atoms with van der Waals surface area (Å²) in [4.78, 5) is 40.1. The molecule has 1 unspecified atom stereocenters. The third-order valence-corrected chi connectivity index (χ3v) is 6.98. The number of anilines is 1.